The Morgan fingerprint density at radius 3 is 1.98 bits per heavy atom. The highest BCUT2D eigenvalue weighted by Crippen LogP contribution is 2.14. The maximum absolute atomic E-state index is 11.8. The molecule has 1 saturated heterocycles. The molecule has 1 fully saturated rings. The Bertz CT molecular complexity index is 780. The third kappa shape index (κ3) is 20.2. The number of alkyl carbamates (subject to hydrolysis) is 1. The van der Waals surface area contributed by atoms with Crippen LogP contribution in [0.1, 0.15) is 24.8 Å². The number of benzene rings is 1. The van der Waals surface area contributed by atoms with Crippen molar-refractivity contribution >= 4 is 12.0 Å². The van der Waals surface area contributed by atoms with Crippen molar-refractivity contribution in [3.63, 3.8) is 0 Å². The van der Waals surface area contributed by atoms with Gasteiger partial charge in [0, 0.05) is 25.9 Å². The minimum Gasteiger partial charge on any atom is -0.445 e. The molecule has 1 aliphatic rings. The summed E-state index contributed by atoms with van der Waals surface area (Å²) in [6.07, 6.45) is 0.461. The lowest BCUT2D eigenvalue weighted by Crippen LogP contribution is -2.32. The predicted molar refractivity (Wildman–Crippen MR) is 147 cm³/mol. The number of ether oxygens (including phenoxy) is 8. The third-order valence-electron chi connectivity index (χ3n) is 5.63. The standard InChI is InChI=1S/C28H46N2O11/c31-25-6-7-27(40-23-25)39-21-20-36-12-9-29-26(32)8-11-34-14-16-37-18-19-38-17-15-35-13-10-30-28(33)41-22-24-4-2-1-3-5-24/h1-5,25,27,31H,6-23H2,(H,29,32)(H,30,33). The molecule has 0 spiro atoms. The number of carbonyl (C=O) groups excluding carboxylic acids is 2. The van der Waals surface area contributed by atoms with Crippen molar-refractivity contribution in [3.8, 4) is 0 Å². The zero-order chi connectivity index (χ0) is 29.2. The first-order valence-electron chi connectivity index (χ1n) is 14.1. The molecule has 2 atom stereocenters. The zero-order valence-corrected chi connectivity index (χ0v) is 23.8. The SMILES string of the molecule is O=C(CCOCCOCCOCCOCCNC(=O)OCc1ccccc1)NCCOCCOC1CCC(O)CO1. The molecule has 234 valence electrons. The topological polar surface area (TPSA) is 152 Å². The molecule has 0 aliphatic carbocycles. The fourth-order valence-electron chi connectivity index (χ4n) is 3.46. The Morgan fingerprint density at radius 1 is 0.756 bits per heavy atom. The number of aliphatic hydroxyl groups excluding tert-OH is 1. The first-order valence-corrected chi connectivity index (χ1v) is 14.1. The van der Waals surface area contributed by atoms with Gasteiger partial charge >= 0.3 is 6.09 Å². The van der Waals surface area contributed by atoms with Crippen LogP contribution in [0.2, 0.25) is 0 Å². The zero-order valence-electron chi connectivity index (χ0n) is 23.8. The molecule has 0 aromatic heterocycles. The van der Waals surface area contributed by atoms with Crippen LogP contribution in [0, 0.1) is 0 Å². The van der Waals surface area contributed by atoms with Gasteiger partial charge in [-0.3, -0.25) is 4.79 Å². The number of hydrogen-bond acceptors (Lipinski definition) is 11. The third-order valence-corrected chi connectivity index (χ3v) is 5.63. The smallest absolute Gasteiger partial charge is 0.407 e. The van der Waals surface area contributed by atoms with Gasteiger partial charge in [-0.05, 0) is 12.0 Å². The van der Waals surface area contributed by atoms with Crippen LogP contribution in [-0.2, 0) is 49.3 Å². The van der Waals surface area contributed by atoms with Crippen LogP contribution in [0.15, 0.2) is 30.3 Å². The number of aliphatic hydroxyl groups is 1. The van der Waals surface area contributed by atoms with E-state index in [1.807, 2.05) is 30.3 Å². The van der Waals surface area contributed by atoms with Gasteiger partial charge in [0.05, 0.1) is 85.4 Å². The molecular weight excluding hydrogens is 540 g/mol. The van der Waals surface area contributed by atoms with Crippen LogP contribution in [0.25, 0.3) is 0 Å². The van der Waals surface area contributed by atoms with Crippen LogP contribution < -0.4 is 10.6 Å². The van der Waals surface area contributed by atoms with Crippen molar-refractivity contribution in [2.75, 3.05) is 92.4 Å². The highest BCUT2D eigenvalue weighted by atomic mass is 16.7. The Morgan fingerprint density at radius 2 is 1.34 bits per heavy atom. The molecule has 0 bridgehead atoms. The monoisotopic (exact) mass is 586 g/mol. The molecule has 13 nitrogen and oxygen atoms in total. The second-order valence-electron chi connectivity index (χ2n) is 9.02. The minimum absolute atomic E-state index is 0.102. The van der Waals surface area contributed by atoms with Gasteiger partial charge in [-0.2, -0.15) is 0 Å². The van der Waals surface area contributed by atoms with E-state index < -0.39 is 12.2 Å². The van der Waals surface area contributed by atoms with Crippen molar-refractivity contribution in [2.45, 2.75) is 38.3 Å². The summed E-state index contributed by atoms with van der Waals surface area (Å²) in [6, 6.07) is 9.47. The van der Waals surface area contributed by atoms with E-state index in [0.29, 0.717) is 105 Å². The summed E-state index contributed by atoms with van der Waals surface area (Å²) in [6.45, 7) is 5.69. The molecule has 2 rings (SSSR count). The number of amides is 2. The predicted octanol–water partition coefficient (Wildman–Crippen LogP) is 1.02. The van der Waals surface area contributed by atoms with Crippen LogP contribution >= 0.6 is 0 Å². The van der Waals surface area contributed by atoms with Gasteiger partial charge in [0.15, 0.2) is 6.29 Å². The largest absolute Gasteiger partial charge is 0.445 e. The average Bonchev–Trinajstić information content (AvgIpc) is 2.99. The van der Waals surface area contributed by atoms with Gasteiger partial charge in [-0.15, -0.1) is 0 Å². The molecule has 13 heteroatoms. The first kappa shape index (κ1) is 34.8. The molecule has 0 radical (unpaired) electrons. The van der Waals surface area contributed by atoms with Crippen molar-refractivity contribution < 1.29 is 52.6 Å². The summed E-state index contributed by atoms with van der Waals surface area (Å²) in [5.41, 5.74) is 0.930. The van der Waals surface area contributed by atoms with E-state index in [4.69, 9.17) is 37.9 Å². The maximum Gasteiger partial charge on any atom is 0.407 e. The first-order chi connectivity index (χ1) is 20.1. The Hall–Kier alpha value is -2.36. The molecule has 0 saturated carbocycles. The second kappa shape index (κ2) is 24.3. The Kier molecular flexibility index (Phi) is 20.6. The number of rotatable bonds is 24. The summed E-state index contributed by atoms with van der Waals surface area (Å²) in [7, 11) is 0. The summed E-state index contributed by atoms with van der Waals surface area (Å²) >= 11 is 0. The van der Waals surface area contributed by atoms with Crippen molar-refractivity contribution in [1.29, 1.82) is 0 Å². The number of hydrogen-bond donors (Lipinski definition) is 3. The van der Waals surface area contributed by atoms with Crippen LogP contribution in [-0.4, -0.2) is 122 Å². The highest BCUT2D eigenvalue weighted by molar-refractivity contribution is 5.75. The van der Waals surface area contributed by atoms with Gasteiger partial charge in [-0.1, -0.05) is 30.3 Å². The van der Waals surface area contributed by atoms with Gasteiger partial charge in [0.1, 0.15) is 6.61 Å². The van der Waals surface area contributed by atoms with Crippen LogP contribution in [0.5, 0.6) is 0 Å². The van der Waals surface area contributed by atoms with Gasteiger partial charge < -0.3 is 53.6 Å². The lowest BCUT2D eigenvalue weighted by Gasteiger charge is -2.25. The molecule has 3 N–H and O–H groups in total. The fraction of sp³-hybridized carbons (Fsp3) is 0.714. The van der Waals surface area contributed by atoms with E-state index in [2.05, 4.69) is 10.6 Å². The van der Waals surface area contributed by atoms with E-state index in [9.17, 15) is 14.7 Å². The quantitative estimate of drug-likeness (QED) is 0.149. The molecule has 1 heterocycles. The molecule has 2 amide bonds. The van der Waals surface area contributed by atoms with Gasteiger partial charge in [-0.25, -0.2) is 4.79 Å². The normalized spacial score (nSPS) is 16.8. The molecule has 1 aromatic carbocycles. The summed E-state index contributed by atoms with van der Waals surface area (Å²) < 4.78 is 43.0. The molecule has 41 heavy (non-hydrogen) atoms. The van der Waals surface area contributed by atoms with Gasteiger partial charge in [0.25, 0.3) is 0 Å². The van der Waals surface area contributed by atoms with Crippen molar-refractivity contribution in [1.82, 2.24) is 10.6 Å². The molecule has 1 aromatic rings. The molecule has 1 aliphatic heterocycles. The Labute approximate surface area is 242 Å². The summed E-state index contributed by atoms with van der Waals surface area (Å²) in [5, 5.41) is 14.8. The fourth-order valence-corrected chi connectivity index (χ4v) is 3.46. The van der Waals surface area contributed by atoms with E-state index in [0.717, 1.165) is 5.56 Å². The Balaban J connectivity index is 1.22. The molecule has 2 unspecified atom stereocenters. The minimum atomic E-state index is -0.480. The summed E-state index contributed by atoms with van der Waals surface area (Å²) in [5.74, 6) is -0.102. The van der Waals surface area contributed by atoms with E-state index >= 15 is 0 Å². The lowest BCUT2D eigenvalue weighted by atomic mass is 10.1. The van der Waals surface area contributed by atoms with E-state index in [1.165, 1.54) is 0 Å². The van der Waals surface area contributed by atoms with Crippen molar-refractivity contribution in [2.24, 2.45) is 0 Å². The number of nitrogens with one attached hydrogen (secondary N) is 2. The van der Waals surface area contributed by atoms with E-state index in [-0.39, 0.29) is 25.2 Å². The second-order valence-corrected chi connectivity index (χ2v) is 9.02. The van der Waals surface area contributed by atoms with E-state index in [1.54, 1.807) is 0 Å². The van der Waals surface area contributed by atoms with Gasteiger partial charge in [0.2, 0.25) is 5.91 Å². The molecular formula is C28H46N2O11. The maximum atomic E-state index is 11.8. The van der Waals surface area contributed by atoms with Crippen LogP contribution in [0.4, 0.5) is 4.79 Å². The van der Waals surface area contributed by atoms with Crippen LogP contribution in [0.3, 0.4) is 0 Å². The average molecular weight is 587 g/mol. The number of carbonyl (C=O) groups is 2. The highest BCUT2D eigenvalue weighted by Gasteiger charge is 2.19. The lowest BCUT2D eigenvalue weighted by molar-refractivity contribution is -0.191. The summed E-state index contributed by atoms with van der Waals surface area (Å²) in [4.78, 5) is 23.4. The van der Waals surface area contributed by atoms with Crippen molar-refractivity contribution in [3.05, 3.63) is 35.9 Å².